The van der Waals surface area contributed by atoms with E-state index in [0.29, 0.717) is 5.75 Å². The van der Waals surface area contributed by atoms with E-state index in [-0.39, 0.29) is 12.1 Å². The molecule has 0 bridgehead atoms. The zero-order valence-corrected chi connectivity index (χ0v) is 8.93. The van der Waals surface area contributed by atoms with Crippen molar-refractivity contribution in [2.45, 2.75) is 25.2 Å². The highest BCUT2D eigenvalue weighted by atomic mass is 19.4. The molecule has 1 N–H and O–H groups in total. The van der Waals surface area contributed by atoms with E-state index in [9.17, 15) is 13.2 Å². The Hall–Kier alpha value is -1.23. The zero-order valence-electron chi connectivity index (χ0n) is 8.93. The quantitative estimate of drug-likeness (QED) is 0.802. The number of alkyl halides is 3. The van der Waals surface area contributed by atoms with E-state index in [4.69, 9.17) is 4.74 Å². The highest BCUT2D eigenvalue weighted by molar-refractivity contribution is 5.44. The molecule has 1 heterocycles. The lowest BCUT2D eigenvalue weighted by molar-refractivity contribution is -0.137. The molecule has 16 heavy (non-hydrogen) atoms. The Morgan fingerprint density at radius 3 is 2.56 bits per heavy atom. The minimum atomic E-state index is -4.32. The molecule has 0 saturated carbocycles. The largest absolute Gasteiger partial charge is 0.488 e. The predicted octanol–water partition coefficient (Wildman–Crippen LogP) is 2.75. The van der Waals surface area contributed by atoms with Gasteiger partial charge in [-0.1, -0.05) is 6.07 Å². The summed E-state index contributed by atoms with van der Waals surface area (Å²) >= 11 is 0. The lowest BCUT2D eigenvalue weighted by Gasteiger charge is -2.12. The molecule has 0 spiro atoms. The number of halogens is 3. The summed E-state index contributed by atoms with van der Waals surface area (Å²) in [6.07, 6.45) is -4.47. The maximum atomic E-state index is 12.5. The van der Waals surface area contributed by atoms with Gasteiger partial charge in [0.05, 0.1) is 11.6 Å². The maximum absolute atomic E-state index is 12.5. The molecule has 0 aliphatic carbocycles. The fourth-order valence-electron chi connectivity index (χ4n) is 1.98. The Balaban J connectivity index is 2.40. The van der Waals surface area contributed by atoms with Crippen LogP contribution in [0.15, 0.2) is 18.2 Å². The van der Waals surface area contributed by atoms with Crippen LogP contribution < -0.4 is 10.1 Å². The van der Waals surface area contributed by atoms with Gasteiger partial charge in [-0.2, -0.15) is 13.2 Å². The van der Waals surface area contributed by atoms with Gasteiger partial charge in [-0.05, 0) is 26.1 Å². The van der Waals surface area contributed by atoms with Gasteiger partial charge >= 0.3 is 6.18 Å². The molecule has 88 valence electrons. The lowest BCUT2D eigenvalue weighted by atomic mass is 10.0. The molecule has 2 atom stereocenters. The van der Waals surface area contributed by atoms with E-state index in [1.807, 2.05) is 6.92 Å². The van der Waals surface area contributed by atoms with Crippen molar-refractivity contribution in [3.63, 3.8) is 0 Å². The number of nitrogens with one attached hydrogen (secondary N) is 1. The van der Waals surface area contributed by atoms with Crippen LogP contribution in [0.4, 0.5) is 13.2 Å². The summed E-state index contributed by atoms with van der Waals surface area (Å²) in [7, 11) is 1.76. The van der Waals surface area contributed by atoms with Crippen molar-refractivity contribution < 1.29 is 17.9 Å². The fourth-order valence-corrected chi connectivity index (χ4v) is 1.98. The number of rotatable bonds is 1. The number of benzene rings is 1. The molecule has 0 fully saturated rings. The van der Waals surface area contributed by atoms with Crippen molar-refractivity contribution >= 4 is 0 Å². The molecule has 0 radical (unpaired) electrons. The van der Waals surface area contributed by atoms with Crippen molar-refractivity contribution in [1.82, 2.24) is 5.32 Å². The van der Waals surface area contributed by atoms with Gasteiger partial charge in [0.2, 0.25) is 0 Å². The van der Waals surface area contributed by atoms with E-state index in [1.54, 1.807) is 7.05 Å². The highest BCUT2D eigenvalue weighted by Gasteiger charge is 2.35. The molecule has 0 aromatic heterocycles. The van der Waals surface area contributed by atoms with Crippen LogP contribution in [0.5, 0.6) is 5.75 Å². The van der Waals surface area contributed by atoms with Crippen LogP contribution in [0.2, 0.25) is 0 Å². The van der Waals surface area contributed by atoms with Gasteiger partial charge in [-0.25, -0.2) is 0 Å². The number of fused-ring (bicyclic) bond motifs is 1. The van der Waals surface area contributed by atoms with Crippen molar-refractivity contribution in [3.05, 3.63) is 29.3 Å². The SMILES string of the molecule is CNC1c2ccc(C(F)(F)F)cc2OC1C. The van der Waals surface area contributed by atoms with Gasteiger partial charge in [0.1, 0.15) is 11.9 Å². The van der Waals surface area contributed by atoms with E-state index in [1.165, 1.54) is 6.07 Å². The Morgan fingerprint density at radius 2 is 2.00 bits per heavy atom. The predicted molar refractivity (Wildman–Crippen MR) is 53.3 cm³/mol. The third kappa shape index (κ3) is 1.75. The van der Waals surface area contributed by atoms with Crippen LogP contribution in [-0.2, 0) is 6.18 Å². The van der Waals surface area contributed by atoms with Crippen LogP contribution >= 0.6 is 0 Å². The topological polar surface area (TPSA) is 21.3 Å². The summed E-state index contributed by atoms with van der Waals surface area (Å²) in [6.45, 7) is 1.83. The van der Waals surface area contributed by atoms with Crippen molar-refractivity contribution in [1.29, 1.82) is 0 Å². The minimum Gasteiger partial charge on any atom is -0.488 e. The third-order valence-corrected chi connectivity index (χ3v) is 2.77. The van der Waals surface area contributed by atoms with Crippen molar-refractivity contribution in [2.24, 2.45) is 0 Å². The smallest absolute Gasteiger partial charge is 0.416 e. The second-order valence-electron chi connectivity index (χ2n) is 3.84. The third-order valence-electron chi connectivity index (χ3n) is 2.77. The number of hydrogen-bond acceptors (Lipinski definition) is 2. The standard InChI is InChI=1S/C11H12F3NO/c1-6-10(15-2)8-4-3-7(11(12,13)14)5-9(8)16-6/h3-6,10,15H,1-2H3. The molecular weight excluding hydrogens is 219 g/mol. The summed E-state index contributed by atoms with van der Waals surface area (Å²) in [5.41, 5.74) is 0.109. The molecule has 0 saturated heterocycles. The monoisotopic (exact) mass is 231 g/mol. The molecule has 2 rings (SSSR count). The average molecular weight is 231 g/mol. The van der Waals surface area contributed by atoms with Gasteiger partial charge in [0.15, 0.2) is 0 Å². The van der Waals surface area contributed by atoms with Crippen LogP contribution in [0.25, 0.3) is 0 Å². The Bertz CT molecular complexity index is 403. The zero-order chi connectivity index (χ0) is 11.9. The molecule has 1 aromatic rings. The highest BCUT2D eigenvalue weighted by Crippen LogP contribution is 2.40. The normalized spacial score (nSPS) is 24.1. The molecule has 1 aliphatic rings. The van der Waals surface area contributed by atoms with Crippen LogP contribution in [0.1, 0.15) is 24.1 Å². The minimum absolute atomic E-state index is 0.0442. The van der Waals surface area contributed by atoms with E-state index in [2.05, 4.69) is 5.32 Å². The summed E-state index contributed by atoms with van der Waals surface area (Å²) in [6, 6.07) is 3.58. The molecule has 0 amide bonds. The van der Waals surface area contributed by atoms with Gasteiger partial charge in [0.25, 0.3) is 0 Å². The summed E-state index contributed by atoms with van der Waals surface area (Å²) in [5.74, 6) is 0.321. The Morgan fingerprint density at radius 1 is 1.31 bits per heavy atom. The summed E-state index contributed by atoms with van der Waals surface area (Å²) < 4.78 is 42.8. The van der Waals surface area contributed by atoms with Gasteiger partial charge in [-0.15, -0.1) is 0 Å². The first kappa shape index (κ1) is 11.3. The molecular formula is C11H12F3NO. The first-order chi connectivity index (χ1) is 7.43. The Labute approximate surface area is 91.4 Å². The van der Waals surface area contributed by atoms with Crippen LogP contribution in [0.3, 0.4) is 0 Å². The average Bonchev–Trinajstić information content (AvgIpc) is 2.50. The van der Waals surface area contributed by atoms with Crippen LogP contribution in [0, 0.1) is 0 Å². The maximum Gasteiger partial charge on any atom is 0.416 e. The molecule has 5 heteroatoms. The Kier molecular flexibility index (Phi) is 2.58. The fraction of sp³-hybridized carbons (Fsp3) is 0.455. The van der Waals surface area contributed by atoms with Crippen molar-refractivity contribution in [2.75, 3.05) is 7.05 Å². The van der Waals surface area contributed by atoms with Gasteiger partial charge in [-0.3, -0.25) is 0 Å². The number of ether oxygens (including phenoxy) is 1. The molecule has 2 unspecified atom stereocenters. The molecule has 1 aromatic carbocycles. The summed E-state index contributed by atoms with van der Waals surface area (Å²) in [5, 5.41) is 3.02. The molecule has 2 nitrogen and oxygen atoms in total. The van der Waals surface area contributed by atoms with Crippen molar-refractivity contribution in [3.8, 4) is 5.75 Å². The second-order valence-corrected chi connectivity index (χ2v) is 3.84. The van der Waals surface area contributed by atoms with E-state index < -0.39 is 11.7 Å². The first-order valence-electron chi connectivity index (χ1n) is 4.98. The van der Waals surface area contributed by atoms with E-state index in [0.717, 1.165) is 17.7 Å². The van der Waals surface area contributed by atoms with Gasteiger partial charge < -0.3 is 10.1 Å². The summed E-state index contributed by atoms with van der Waals surface area (Å²) in [4.78, 5) is 0. The van der Waals surface area contributed by atoms with Crippen LogP contribution in [-0.4, -0.2) is 13.2 Å². The number of hydrogen-bond donors (Lipinski definition) is 1. The van der Waals surface area contributed by atoms with E-state index >= 15 is 0 Å². The van der Waals surface area contributed by atoms with Gasteiger partial charge in [0, 0.05) is 5.56 Å². The number of likely N-dealkylation sites (N-methyl/N-ethyl adjacent to an activating group) is 1. The second kappa shape index (κ2) is 3.66. The first-order valence-corrected chi connectivity index (χ1v) is 4.98. The molecule has 1 aliphatic heterocycles. The lowest BCUT2D eigenvalue weighted by Crippen LogP contribution is -2.25.